The van der Waals surface area contributed by atoms with Crippen LogP contribution in [0.1, 0.15) is 19.4 Å². The van der Waals surface area contributed by atoms with Gasteiger partial charge in [-0.2, -0.15) is 4.99 Å². The Labute approximate surface area is 121 Å². The number of hydrogen-bond acceptors (Lipinski definition) is 2. The Morgan fingerprint density at radius 1 is 1.60 bits per heavy atom. The number of benzene rings is 1. The van der Waals surface area contributed by atoms with Crippen molar-refractivity contribution in [3.63, 3.8) is 0 Å². The molecule has 6 heteroatoms. The molecule has 1 heterocycles. The van der Waals surface area contributed by atoms with E-state index in [-0.39, 0.29) is 10.9 Å². The molecule has 2 unspecified atom stereocenters. The number of amides is 2. The number of hydrogen-bond donors (Lipinski definition) is 1. The third-order valence-electron chi connectivity index (χ3n) is 3.49. The number of aliphatic imine (C=N–C) groups is 1. The highest BCUT2D eigenvalue weighted by Gasteiger charge is 2.48. The van der Waals surface area contributed by atoms with Crippen LogP contribution in [-0.2, 0) is 5.54 Å². The van der Waals surface area contributed by atoms with Crippen LogP contribution in [0.15, 0.2) is 23.2 Å². The highest BCUT2D eigenvalue weighted by molar-refractivity contribution is 6.32. The molecule has 2 N–H and O–H groups in total. The Kier molecular flexibility index (Phi) is 3.45. The van der Waals surface area contributed by atoms with Crippen LogP contribution in [0.3, 0.4) is 0 Å². The van der Waals surface area contributed by atoms with Gasteiger partial charge in [0.2, 0.25) is 0 Å². The topological polar surface area (TPSA) is 58.7 Å². The molecular weight excluding hydrogens is 281 g/mol. The molecule has 1 aromatic carbocycles. The van der Waals surface area contributed by atoms with Gasteiger partial charge in [0.15, 0.2) is 0 Å². The van der Waals surface area contributed by atoms with Crippen molar-refractivity contribution < 1.29 is 9.18 Å². The lowest BCUT2D eigenvalue weighted by molar-refractivity contribution is 0.167. The maximum atomic E-state index is 13.2. The molecule has 20 heavy (non-hydrogen) atoms. The fraction of sp³-hybridized carbons (Fsp3) is 0.286. The Balaban J connectivity index is 2.63. The summed E-state index contributed by atoms with van der Waals surface area (Å²) >= 11 is 6.09. The van der Waals surface area contributed by atoms with Crippen molar-refractivity contribution in [2.75, 3.05) is 0 Å². The van der Waals surface area contributed by atoms with E-state index < -0.39 is 23.4 Å². The Morgan fingerprint density at radius 3 is 2.80 bits per heavy atom. The van der Waals surface area contributed by atoms with Crippen LogP contribution >= 0.6 is 11.6 Å². The number of carbonyl (C=O) groups excluding carboxylic acids is 1. The minimum atomic E-state index is -1.09. The molecule has 2 amide bonds. The molecule has 0 radical (unpaired) electrons. The van der Waals surface area contributed by atoms with E-state index in [9.17, 15) is 9.18 Å². The van der Waals surface area contributed by atoms with Crippen LogP contribution in [0.2, 0.25) is 5.02 Å². The van der Waals surface area contributed by atoms with Crippen molar-refractivity contribution in [3.8, 4) is 12.3 Å². The number of nitrogens with two attached hydrogens (primary N) is 1. The number of rotatable bonds is 2. The molecule has 104 valence electrons. The van der Waals surface area contributed by atoms with Crippen LogP contribution in [0.4, 0.5) is 9.18 Å². The summed E-state index contributed by atoms with van der Waals surface area (Å²) in [5.41, 5.74) is 5.28. The van der Waals surface area contributed by atoms with Crippen molar-refractivity contribution in [3.05, 3.63) is 34.6 Å². The van der Waals surface area contributed by atoms with Crippen LogP contribution in [0.5, 0.6) is 0 Å². The van der Waals surface area contributed by atoms with E-state index in [1.54, 1.807) is 13.8 Å². The van der Waals surface area contributed by atoms with E-state index in [0.29, 0.717) is 5.56 Å². The highest BCUT2D eigenvalue weighted by atomic mass is 35.5. The summed E-state index contributed by atoms with van der Waals surface area (Å²) in [4.78, 5) is 17.1. The van der Waals surface area contributed by atoms with Crippen LogP contribution in [-0.4, -0.2) is 22.8 Å². The predicted octanol–water partition coefficient (Wildman–Crippen LogP) is 2.51. The van der Waals surface area contributed by atoms with Crippen molar-refractivity contribution in [1.29, 1.82) is 0 Å². The molecule has 0 spiro atoms. The molecule has 0 fully saturated rings. The first-order valence-electron chi connectivity index (χ1n) is 5.92. The Bertz CT molecular complexity index is 652. The molecule has 1 aromatic rings. The number of urea groups is 1. The maximum absolute atomic E-state index is 13.2. The first kappa shape index (κ1) is 14.4. The summed E-state index contributed by atoms with van der Waals surface area (Å²) in [6.07, 6.45) is 5.39. The number of nitrogens with zero attached hydrogens (tertiary/aromatic N) is 2. The number of amidine groups is 1. The summed E-state index contributed by atoms with van der Waals surface area (Å²) in [5.74, 6) is 2.08. The Hall–Kier alpha value is -2.06. The lowest BCUT2D eigenvalue weighted by atomic mass is 9.88. The third-order valence-corrected chi connectivity index (χ3v) is 3.80. The summed E-state index contributed by atoms with van der Waals surface area (Å²) in [6.45, 7) is 3.37. The molecule has 0 saturated heterocycles. The average molecular weight is 294 g/mol. The van der Waals surface area contributed by atoms with Crippen LogP contribution < -0.4 is 5.73 Å². The van der Waals surface area contributed by atoms with E-state index in [1.165, 1.54) is 17.0 Å². The van der Waals surface area contributed by atoms with Crippen molar-refractivity contribution in [2.45, 2.75) is 25.4 Å². The molecule has 0 aromatic heterocycles. The summed E-state index contributed by atoms with van der Waals surface area (Å²) < 4.78 is 13.2. The molecule has 0 bridgehead atoms. The maximum Gasteiger partial charge on any atom is 0.347 e. The first-order valence-corrected chi connectivity index (χ1v) is 6.29. The number of carbonyl (C=O) groups is 1. The van der Waals surface area contributed by atoms with Crippen LogP contribution in [0.25, 0.3) is 0 Å². The van der Waals surface area contributed by atoms with Gasteiger partial charge in [-0.1, -0.05) is 23.6 Å². The zero-order valence-electron chi connectivity index (χ0n) is 11.0. The zero-order valence-corrected chi connectivity index (χ0v) is 11.8. The van der Waals surface area contributed by atoms with E-state index in [2.05, 4.69) is 10.9 Å². The molecule has 2 rings (SSSR count). The average Bonchev–Trinajstić information content (AvgIpc) is 2.59. The van der Waals surface area contributed by atoms with Crippen molar-refractivity contribution in [2.24, 2.45) is 10.7 Å². The summed E-state index contributed by atoms with van der Waals surface area (Å²) in [6, 6.07) is 2.84. The molecule has 0 saturated carbocycles. The minimum Gasteiger partial charge on any atom is -0.385 e. The molecule has 2 atom stereocenters. The predicted molar refractivity (Wildman–Crippen MR) is 75.9 cm³/mol. The monoisotopic (exact) mass is 293 g/mol. The third kappa shape index (κ3) is 1.93. The SMILES string of the molecule is C#CC(C)N1C(=O)N=C(N)C1(C)c1ccc(F)cc1Cl. The largest absolute Gasteiger partial charge is 0.385 e. The van der Waals surface area contributed by atoms with Crippen molar-refractivity contribution in [1.82, 2.24) is 4.90 Å². The van der Waals surface area contributed by atoms with Gasteiger partial charge in [-0.15, -0.1) is 6.42 Å². The fourth-order valence-electron chi connectivity index (χ4n) is 2.36. The molecule has 1 aliphatic heterocycles. The second-order valence-corrected chi connectivity index (χ2v) is 5.10. The van der Waals surface area contributed by atoms with E-state index in [0.717, 1.165) is 6.07 Å². The quantitative estimate of drug-likeness (QED) is 0.852. The first-order chi connectivity index (χ1) is 9.32. The molecule has 1 aliphatic rings. The van der Waals surface area contributed by atoms with E-state index in [4.69, 9.17) is 23.8 Å². The van der Waals surface area contributed by atoms with Gasteiger partial charge in [0, 0.05) is 10.6 Å². The fourth-order valence-corrected chi connectivity index (χ4v) is 2.71. The van der Waals surface area contributed by atoms with Gasteiger partial charge in [0.1, 0.15) is 17.2 Å². The summed E-state index contributed by atoms with van der Waals surface area (Å²) in [7, 11) is 0. The van der Waals surface area contributed by atoms with Gasteiger partial charge in [0.25, 0.3) is 0 Å². The van der Waals surface area contributed by atoms with Gasteiger partial charge in [0.05, 0.1) is 6.04 Å². The lowest BCUT2D eigenvalue weighted by Crippen LogP contribution is -2.52. The molecule has 4 nitrogen and oxygen atoms in total. The van der Waals surface area contributed by atoms with Crippen LogP contribution in [0, 0.1) is 18.2 Å². The molecule has 0 aliphatic carbocycles. The van der Waals surface area contributed by atoms with Gasteiger partial charge >= 0.3 is 6.03 Å². The zero-order chi connectivity index (χ0) is 15.1. The van der Waals surface area contributed by atoms with Gasteiger partial charge in [-0.25, -0.2) is 9.18 Å². The minimum absolute atomic E-state index is 0.0816. The second kappa shape index (κ2) is 4.80. The van der Waals surface area contributed by atoms with Gasteiger partial charge in [-0.3, -0.25) is 4.90 Å². The van der Waals surface area contributed by atoms with Gasteiger partial charge in [-0.05, 0) is 26.0 Å². The Morgan fingerprint density at radius 2 is 2.25 bits per heavy atom. The van der Waals surface area contributed by atoms with E-state index in [1.807, 2.05) is 0 Å². The highest BCUT2D eigenvalue weighted by Crippen LogP contribution is 2.39. The van der Waals surface area contributed by atoms with E-state index >= 15 is 0 Å². The normalized spacial score (nSPS) is 23.4. The van der Waals surface area contributed by atoms with Gasteiger partial charge < -0.3 is 5.73 Å². The second-order valence-electron chi connectivity index (χ2n) is 4.69. The standard InChI is InChI=1S/C14H13ClFN3O/c1-4-8(2)19-13(20)18-12(17)14(19,3)10-6-5-9(16)7-11(10)15/h1,5-8H,2-3H3,(H2,17,18,20). The molecular formula is C14H13ClFN3O. The van der Waals surface area contributed by atoms with Crippen molar-refractivity contribution >= 4 is 23.5 Å². The smallest absolute Gasteiger partial charge is 0.347 e. The lowest BCUT2D eigenvalue weighted by Gasteiger charge is -2.37. The summed E-state index contributed by atoms with van der Waals surface area (Å²) in [5, 5.41) is 0.162. The number of terminal acetylenes is 1. The number of halogens is 2.